The molecular weight excluding hydrogens is 440 g/mol. The molecule has 0 aliphatic rings. The smallest absolute Gasteiger partial charge is 0.497 e. The fourth-order valence-electron chi connectivity index (χ4n) is 3.88. The van der Waals surface area contributed by atoms with Crippen LogP contribution in [-0.2, 0) is 15.3 Å². The number of aliphatic hydroxyl groups is 1. The first-order chi connectivity index (χ1) is 15.7. The van der Waals surface area contributed by atoms with E-state index in [2.05, 4.69) is 6.07 Å². The summed E-state index contributed by atoms with van der Waals surface area (Å²) in [5.41, 5.74) is 2.61. The molecule has 0 fully saturated rings. The second-order valence-electron chi connectivity index (χ2n) is 8.84. The molecule has 33 heavy (non-hydrogen) atoms. The minimum Gasteiger partial charge on any atom is -0.497 e. The number of fused-ring (bicyclic) bond motifs is 1. The van der Waals surface area contributed by atoms with Crippen molar-refractivity contribution in [1.29, 1.82) is 0 Å². The van der Waals surface area contributed by atoms with E-state index < -0.39 is 8.80 Å². The van der Waals surface area contributed by atoms with Gasteiger partial charge in [-0.15, -0.1) is 0 Å². The van der Waals surface area contributed by atoms with Gasteiger partial charge in [0.2, 0.25) is 0 Å². The predicted octanol–water partition coefficient (Wildman–Crippen LogP) is 5.45. The van der Waals surface area contributed by atoms with Crippen LogP contribution in [0.1, 0.15) is 32.8 Å². The summed E-state index contributed by atoms with van der Waals surface area (Å²) in [6, 6.07) is 11.6. The topological polar surface area (TPSA) is 79.5 Å². The highest BCUT2D eigenvalue weighted by Crippen LogP contribution is 2.43. The molecule has 0 amide bonds. The zero-order valence-electron chi connectivity index (χ0n) is 20.5. The van der Waals surface area contributed by atoms with Gasteiger partial charge in [0, 0.05) is 36.8 Å². The Kier molecular flexibility index (Phi) is 7.74. The number of aryl methyl sites for hydroxylation is 1. The molecule has 2 aromatic carbocycles. The van der Waals surface area contributed by atoms with Crippen molar-refractivity contribution in [3.05, 3.63) is 42.0 Å². The lowest BCUT2D eigenvalue weighted by atomic mass is 10.1. The molecule has 0 unspecified atom stereocenters. The first-order valence-electron chi connectivity index (χ1n) is 10.9. The molecule has 0 saturated heterocycles. The zero-order valence-corrected chi connectivity index (χ0v) is 21.5. The molecule has 0 atom stereocenters. The summed E-state index contributed by atoms with van der Waals surface area (Å²) in [7, 11) is 3.42. The van der Waals surface area contributed by atoms with Crippen LogP contribution in [0.15, 0.2) is 40.8 Å². The number of methoxy groups -OCH3 is 2. The van der Waals surface area contributed by atoms with Crippen LogP contribution in [0.4, 0.5) is 0 Å². The van der Waals surface area contributed by atoms with Gasteiger partial charge in [-0.2, -0.15) is 0 Å². The fraction of sp³-hybridized carbons (Fsp3) is 0.440. The second-order valence-corrected chi connectivity index (χ2v) is 12.5. The first-order valence-corrected chi connectivity index (χ1v) is 12.6. The van der Waals surface area contributed by atoms with E-state index >= 15 is 0 Å². The van der Waals surface area contributed by atoms with E-state index in [0.717, 1.165) is 22.9 Å². The predicted molar refractivity (Wildman–Crippen MR) is 130 cm³/mol. The van der Waals surface area contributed by atoms with Crippen molar-refractivity contribution in [2.75, 3.05) is 35.0 Å². The SMILES string of the molecule is COc1cc(-c2cc3cc(CCCO)cc(OC)c3o2)ccc1O[Si](OC)(OC)C(C)(C)C. The number of ether oxygens (including phenoxy) is 2. The van der Waals surface area contributed by atoms with Crippen molar-refractivity contribution < 1.29 is 32.3 Å². The standard InChI is InChI=1S/C25H34O7Si/c1-25(2,3)33(29-6,30-7)32-20-11-10-18(15-22(20)27-4)21-16-19-13-17(9-8-12-26)14-23(28-5)24(19)31-21/h10-11,13-16,26H,8-9,12H2,1-7H3. The molecule has 0 spiro atoms. The van der Waals surface area contributed by atoms with E-state index in [4.69, 9.17) is 32.3 Å². The molecule has 1 N–H and O–H groups in total. The monoisotopic (exact) mass is 474 g/mol. The molecule has 7 nitrogen and oxygen atoms in total. The van der Waals surface area contributed by atoms with E-state index in [0.29, 0.717) is 35.0 Å². The molecule has 0 radical (unpaired) electrons. The highest BCUT2D eigenvalue weighted by molar-refractivity contribution is 6.64. The van der Waals surface area contributed by atoms with E-state index in [1.807, 2.05) is 51.1 Å². The van der Waals surface area contributed by atoms with Crippen LogP contribution in [-0.4, -0.2) is 49.0 Å². The van der Waals surface area contributed by atoms with Crippen LogP contribution >= 0.6 is 0 Å². The van der Waals surface area contributed by atoms with Gasteiger partial charge in [0.25, 0.3) is 0 Å². The van der Waals surface area contributed by atoms with Gasteiger partial charge in [-0.05, 0) is 54.8 Å². The molecule has 0 aliphatic heterocycles. The zero-order chi connectivity index (χ0) is 24.2. The third kappa shape index (κ3) is 5.04. The summed E-state index contributed by atoms with van der Waals surface area (Å²) >= 11 is 0. The molecule has 3 rings (SSSR count). The van der Waals surface area contributed by atoms with Gasteiger partial charge in [0.1, 0.15) is 11.5 Å². The third-order valence-corrected chi connectivity index (χ3v) is 9.03. The van der Waals surface area contributed by atoms with Crippen LogP contribution in [0.2, 0.25) is 5.04 Å². The van der Waals surface area contributed by atoms with Crippen molar-refractivity contribution >= 4 is 19.8 Å². The number of furan rings is 1. The Morgan fingerprint density at radius 1 is 0.879 bits per heavy atom. The highest BCUT2D eigenvalue weighted by Gasteiger charge is 2.54. The lowest BCUT2D eigenvalue weighted by Gasteiger charge is -2.37. The Balaban J connectivity index is 2.01. The van der Waals surface area contributed by atoms with Crippen molar-refractivity contribution in [2.45, 2.75) is 38.7 Å². The van der Waals surface area contributed by atoms with E-state index in [9.17, 15) is 0 Å². The van der Waals surface area contributed by atoms with E-state index in [1.54, 1.807) is 28.4 Å². The Labute approximate surface area is 196 Å². The minimum atomic E-state index is -3.02. The van der Waals surface area contributed by atoms with Crippen LogP contribution in [0.5, 0.6) is 17.2 Å². The maximum absolute atomic E-state index is 9.15. The summed E-state index contributed by atoms with van der Waals surface area (Å²) in [6.07, 6.45) is 1.46. The summed E-state index contributed by atoms with van der Waals surface area (Å²) in [6.45, 7) is 6.24. The Hall–Kier alpha value is -2.52. The average Bonchev–Trinajstić information content (AvgIpc) is 3.24. The van der Waals surface area contributed by atoms with E-state index in [1.165, 1.54) is 0 Å². The quantitative estimate of drug-likeness (QED) is 0.391. The van der Waals surface area contributed by atoms with Crippen LogP contribution < -0.4 is 13.9 Å². The lowest BCUT2D eigenvalue weighted by molar-refractivity contribution is 0.132. The van der Waals surface area contributed by atoms with Gasteiger partial charge < -0.3 is 32.3 Å². The van der Waals surface area contributed by atoms with Crippen LogP contribution in [0, 0.1) is 0 Å². The summed E-state index contributed by atoms with van der Waals surface area (Å²) in [5, 5.41) is 9.76. The summed E-state index contributed by atoms with van der Waals surface area (Å²) in [4.78, 5) is 0. The fourth-order valence-corrected chi connectivity index (χ4v) is 6.21. The van der Waals surface area contributed by atoms with Gasteiger partial charge in [-0.1, -0.05) is 20.8 Å². The normalized spacial score (nSPS) is 12.2. The Bertz CT molecular complexity index is 1080. The number of aliphatic hydroxyl groups excluding tert-OH is 1. The van der Waals surface area contributed by atoms with Crippen molar-refractivity contribution in [3.63, 3.8) is 0 Å². The molecule has 0 aliphatic carbocycles. The molecule has 180 valence electrons. The lowest BCUT2D eigenvalue weighted by Crippen LogP contribution is -2.54. The molecule has 0 bridgehead atoms. The number of benzene rings is 2. The molecule has 1 aromatic heterocycles. The number of hydrogen-bond donors (Lipinski definition) is 1. The third-order valence-electron chi connectivity index (χ3n) is 5.63. The number of rotatable bonds is 10. The number of hydrogen-bond acceptors (Lipinski definition) is 7. The molecule has 0 saturated carbocycles. The Morgan fingerprint density at radius 2 is 1.58 bits per heavy atom. The average molecular weight is 475 g/mol. The molecule has 8 heteroatoms. The first kappa shape index (κ1) is 25.1. The summed E-state index contributed by atoms with van der Waals surface area (Å²) in [5.74, 6) is 2.45. The Morgan fingerprint density at radius 3 is 2.15 bits per heavy atom. The second kappa shape index (κ2) is 10.2. The van der Waals surface area contributed by atoms with E-state index in [-0.39, 0.29) is 11.6 Å². The van der Waals surface area contributed by atoms with Gasteiger partial charge in [-0.3, -0.25) is 0 Å². The van der Waals surface area contributed by atoms with Crippen molar-refractivity contribution in [1.82, 2.24) is 0 Å². The largest absolute Gasteiger partial charge is 0.571 e. The molecule has 3 aromatic rings. The molecular formula is C25H34O7Si. The molecule has 1 heterocycles. The van der Waals surface area contributed by atoms with Gasteiger partial charge in [0.15, 0.2) is 17.1 Å². The van der Waals surface area contributed by atoms with Gasteiger partial charge in [0.05, 0.1) is 14.2 Å². The van der Waals surface area contributed by atoms with Gasteiger partial charge >= 0.3 is 8.80 Å². The van der Waals surface area contributed by atoms with Crippen molar-refractivity contribution in [2.24, 2.45) is 0 Å². The maximum Gasteiger partial charge on any atom is 0.571 e. The van der Waals surface area contributed by atoms with Crippen LogP contribution in [0.25, 0.3) is 22.3 Å². The van der Waals surface area contributed by atoms with Crippen LogP contribution in [0.3, 0.4) is 0 Å². The highest BCUT2D eigenvalue weighted by atomic mass is 28.4. The van der Waals surface area contributed by atoms with Gasteiger partial charge in [-0.25, -0.2) is 0 Å². The summed E-state index contributed by atoms with van der Waals surface area (Å²) < 4.78 is 35.2. The minimum absolute atomic E-state index is 0.150. The van der Waals surface area contributed by atoms with Crippen molar-refractivity contribution in [3.8, 4) is 28.6 Å². The maximum atomic E-state index is 9.15.